The predicted octanol–water partition coefficient (Wildman–Crippen LogP) is 2.04. The first-order valence-corrected chi connectivity index (χ1v) is 5.52. The fraction of sp³-hybridized carbons (Fsp3) is 0.833. The molecule has 1 aliphatic heterocycles. The maximum atomic E-state index is 11.7. The second kappa shape index (κ2) is 4.22. The van der Waals surface area contributed by atoms with Crippen LogP contribution in [-0.2, 0) is 4.79 Å². The van der Waals surface area contributed by atoms with Crippen LogP contribution in [0.4, 0.5) is 0 Å². The first-order chi connectivity index (χ1) is 6.84. The number of hydrogen-bond donors (Lipinski definition) is 0. The van der Waals surface area contributed by atoms with Gasteiger partial charge in [0.15, 0.2) is 0 Å². The molecule has 0 aliphatic carbocycles. The Morgan fingerprint density at radius 3 is 2.60 bits per heavy atom. The summed E-state index contributed by atoms with van der Waals surface area (Å²) in [6.07, 6.45) is 0.641. The minimum absolute atomic E-state index is 0.0623. The molecule has 1 amide bonds. The van der Waals surface area contributed by atoms with Crippen molar-refractivity contribution in [3.63, 3.8) is 0 Å². The molecule has 0 radical (unpaired) electrons. The Morgan fingerprint density at radius 1 is 1.60 bits per heavy atom. The molecule has 1 saturated heterocycles. The van der Waals surface area contributed by atoms with Gasteiger partial charge in [-0.15, -0.1) is 0 Å². The van der Waals surface area contributed by atoms with Crippen molar-refractivity contribution in [2.45, 2.75) is 34.1 Å². The van der Waals surface area contributed by atoms with Gasteiger partial charge < -0.3 is 4.90 Å². The van der Waals surface area contributed by atoms with Crippen molar-refractivity contribution < 1.29 is 4.79 Å². The van der Waals surface area contributed by atoms with Crippen LogP contribution in [0.5, 0.6) is 0 Å². The van der Waals surface area contributed by atoms with Crippen LogP contribution in [0.2, 0.25) is 0 Å². The maximum absolute atomic E-state index is 11.7. The Kier molecular flexibility index (Phi) is 3.38. The third-order valence-electron chi connectivity index (χ3n) is 3.15. The zero-order valence-electron chi connectivity index (χ0n) is 10.1. The van der Waals surface area contributed by atoms with E-state index in [1.54, 1.807) is 0 Å². The summed E-state index contributed by atoms with van der Waals surface area (Å²) < 4.78 is 0. The van der Waals surface area contributed by atoms with Gasteiger partial charge in [0, 0.05) is 19.5 Å². The zero-order valence-corrected chi connectivity index (χ0v) is 10.1. The molecule has 0 N–H and O–H groups in total. The molecule has 0 spiro atoms. The average Bonchev–Trinajstić information content (AvgIpc) is 2.47. The van der Waals surface area contributed by atoms with Gasteiger partial charge in [-0.1, -0.05) is 20.8 Å². The van der Waals surface area contributed by atoms with Gasteiger partial charge in [0.1, 0.15) is 0 Å². The summed E-state index contributed by atoms with van der Waals surface area (Å²) in [6.45, 7) is 9.76. The summed E-state index contributed by atoms with van der Waals surface area (Å²) in [6, 6.07) is 2.17. The molecule has 1 fully saturated rings. The lowest BCUT2D eigenvalue weighted by atomic mass is 9.80. The van der Waals surface area contributed by atoms with Crippen molar-refractivity contribution in [1.82, 2.24) is 4.90 Å². The van der Waals surface area contributed by atoms with Crippen LogP contribution >= 0.6 is 0 Å². The molecule has 0 aromatic heterocycles. The molecular formula is C12H20N2O. The number of carbonyl (C=O) groups is 1. The second-order valence-corrected chi connectivity index (χ2v) is 5.60. The van der Waals surface area contributed by atoms with Gasteiger partial charge in [0.05, 0.1) is 12.0 Å². The van der Waals surface area contributed by atoms with Gasteiger partial charge in [0.25, 0.3) is 0 Å². The second-order valence-electron chi connectivity index (χ2n) is 5.60. The van der Waals surface area contributed by atoms with E-state index in [0.29, 0.717) is 18.9 Å². The van der Waals surface area contributed by atoms with Crippen molar-refractivity contribution in [3.8, 4) is 6.07 Å². The van der Waals surface area contributed by atoms with E-state index in [9.17, 15) is 4.79 Å². The van der Waals surface area contributed by atoms with Gasteiger partial charge in [-0.2, -0.15) is 5.26 Å². The van der Waals surface area contributed by atoms with Crippen LogP contribution in [0.3, 0.4) is 0 Å². The Morgan fingerprint density at radius 2 is 2.20 bits per heavy atom. The van der Waals surface area contributed by atoms with Crippen molar-refractivity contribution in [3.05, 3.63) is 0 Å². The summed E-state index contributed by atoms with van der Waals surface area (Å²) in [4.78, 5) is 13.5. The van der Waals surface area contributed by atoms with Crippen molar-refractivity contribution >= 4 is 5.91 Å². The van der Waals surface area contributed by atoms with Crippen LogP contribution in [-0.4, -0.2) is 23.9 Å². The Hall–Kier alpha value is -1.04. The van der Waals surface area contributed by atoms with Gasteiger partial charge in [-0.05, 0) is 18.3 Å². The molecule has 1 rings (SSSR count). The lowest BCUT2D eigenvalue weighted by Crippen LogP contribution is -2.31. The van der Waals surface area contributed by atoms with Crippen LogP contribution in [0.15, 0.2) is 0 Å². The average molecular weight is 208 g/mol. The Bertz CT molecular complexity index is 285. The minimum Gasteiger partial charge on any atom is -0.341 e. The lowest BCUT2D eigenvalue weighted by Gasteiger charge is -2.26. The first-order valence-electron chi connectivity index (χ1n) is 5.52. The highest BCUT2D eigenvalue weighted by atomic mass is 16.2. The number of likely N-dealkylation sites (tertiary alicyclic amines) is 1. The van der Waals surface area contributed by atoms with Crippen LogP contribution in [0, 0.1) is 28.6 Å². The Labute approximate surface area is 92.1 Å². The van der Waals surface area contributed by atoms with E-state index in [0.717, 1.165) is 6.54 Å². The number of rotatable bonds is 2. The number of nitrogens with zero attached hydrogens (tertiary/aromatic N) is 2. The summed E-state index contributed by atoms with van der Waals surface area (Å²) in [5.74, 6) is 0.570. The molecule has 3 heteroatoms. The summed E-state index contributed by atoms with van der Waals surface area (Å²) in [5, 5.41) is 8.72. The van der Waals surface area contributed by atoms with E-state index in [1.165, 1.54) is 0 Å². The van der Waals surface area contributed by atoms with E-state index >= 15 is 0 Å². The molecule has 1 aliphatic rings. The molecule has 0 aromatic carbocycles. The highest BCUT2D eigenvalue weighted by Gasteiger charge is 2.36. The van der Waals surface area contributed by atoms with E-state index < -0.39 is 0 Å². The number of nitriles is 1. The fourth-order valence-electron chi connectivity index (χ4n) is 1.90. The molecule has 2 atom stereocenters. The monoisotopic (exact) mass is 208 g/mol. The molecule has 0 saturated carbocycles. The molecule has 1 heterocycles. The maximum Gasteiger partial charge on any atom is 0.222 e. The van der Waals surface area contributed by atoms with E-state index in [4.69, 9.17) is 5.26 Å². The summed E-state index contributed by atoms with van der Waals surface area (Å²) in [7, 11) is 0. The van der Waals surface area contributed by atoms with Crippen LogP contribution in [0.1, 0.15) is 34.1 Å². The number of carbonyl (C=O) groups excluding carboxylic acids is 1. The van der Waals surface area contributed by atoms with Crippen molar-refractivity contribution in [2.24, 2.45) is 17.3 Å². The van der Waals surface area contributed by atoms with Gasteiger partial charge in [-0.3, -0.25) is 4.79 Å². The smallest absolute Gasteiger partial charge is 0.222 e. The molecule has 15 heavy (non-hydrogen) atoms. The summed E-state index contributed by atoms with van der Waals surface area (Å²) in [5.41, 5.74) is 0.181. The van der Waals surface area contributed by atoms with E-state index in [-0.39, 0.29) is 17.2 Å². The van der Waals surface area contributed by atoms with Crippen LogP contribution < -0.4 is 0 Å². The molecular weight excluding hydrogens is 188 g/mol. The van der Waals surface area contributed by atoms with Crippen LogP contribution in [0.25, 0.3) is 0 Å². The molecule has 0 bridgehead atoms. The lowest BCUT2D eigenvalue weighted by molar-refractivity contribution is -0.128. The quantitative estimate of drug-likeness (QED) is 0.697. The first kappa shape index (κ1) is 12.0. The molecule has 84 valence electrons. The van der Waals surface area contributed by atoms with E-state index in [2.05, 4.69) is 26.8 Å². The largest absolute Gasteiger partial charge is 0.341 e. The third kappa shape index (κ3) is 2.95. The normalized spacial score (nSPS) is 24.1. The fourth-order valence-corrected chi connectivity index (χ4v) is 1.90. The standard InChI is InChI=1S/C12H20N2O/c1-9(6-13)7-14-8-10(5-11(14)15)12(2,3)4/h9-10H,5,7-8H2,1-4H3. The minimum atomic E-state index is -0.0623. The van der Waals surface area contributed by atoms with Crippen molar-refractivity contribution in [2.75, 3.05) is 13.1 Å². The third-order valence-corrected chi connectivity index (χ3v) is 3.15. The molecule has 2 unspecified atom stereocenters. The molecule has 0 aromatic rings. The Balaban J connectivity index is 2.58. The van der Waals surface area contributed by atoms with E-state index in [1.807, 2.05) is 11.8 Å². The topological polar surface area (TPSA) is 44.1 Å². The highest BCUT2D eigenvalue weighted by Crippen LogP contribution is 2.34. The zero-order chi connectivity index (χ0) is 11.6. The van der Waals surface area contributed by atoms with Gasteiger partial charge in [-0.25, -0.2) is 0 Å². The number of hydrogen-bond acceptors (Lipinski definition) is 2. The highest BCUT2D eigenvalue weighted by molar-refractivity contribution is 5.78. The SMILES string of the molecule is CC(C#N)CN1CC(C(C)(C)C)CC1=O. The predicted molar refractivity (Wildman–Crippen MR) is 58.9 cm³/mol. The van der Waals surface area contributed by atoms with Crippen molar-refractivity contribution in [1.29, 1.82) is 5.26 Å². The molecule has 3 nitrogen and oxygen atoms in total. The van der Waals surface area contributed by atoms with Gasteiger partial charge >= 0.3 is 0 Å². The summed E-state index contributed by atoms with van der Waals surface area (Å²) >= 11 is 0. The van der Waals surface area contributed by atoms with Gasteiger partial charge in [0.2, 0.25) is 5.91 Å². The number of amides is 1.